The van der Waals surface area contributed by atoms with Crippen LogP contribution in [0, 0.1) is 13.8 Å². The van der Waals surface area contributed by atoms with Crippen LogP contribution < -0.4 is 0 Å². The first-order valence-corrected chi connectivity index (χ1v) is 9.19. The molecule has 25 heavy (non-hydrogen) atoms. The zero-order chi connectivity index (χ0) is 17.8. The van der Waals surface area contributed by atoms with Gasteiger partial charge in [0.05, 0.1) is 5.69 Å². The molecule has 0 saturated carbocycles. The van der Waals surface area contributed by atoms with Crippen molar-refractivity contribution in [2.24, 2.45) is 0 Å². The average molecular weight is 354 g/mol. The van der Waals surface area contributed by atoms with Gasteiger partial charge >= 0.3 is 0 Å². The summed E-state index contributed by atoms with van der Waals surface area (Å²) in [5.41, 5.74) is 3.86. The third kappa shape index (κ3) is 4.14. The van der Waals surface area contributed by atoms with E-state index in [-0.39, 0.29) is 5.91 Å². The summed E-state index contributed by atoms with van der Waals surface area (Å²) in [5, 5.41) is 7.33. The SMILES string of the molecule is Cc1cc(C)n(CCCN(C)C(=O)c2cccc(-c3nccs3)c2)n1. The Morgan fingerprint density at radius 1 is 1.28 bits per heavy atom. The third-order valence-electron chi connectivity index (χ3n) is 4.10. The number of carbonyl (C=O) groups is 1. The van der Waals surface area contributed by atoms with E-state index in [0.29, 0.717) is 12.1 Å². The maximum absolute atomic E-state index is 12.7. The van der Waals surface area contributed by atoms with E-state index >= 15 is 0 Å². The Balaban J connectivity index is 1.60. The van der Waals surface area contributed by atoms with Crippen molar-refractivity contribution in [1.29, 1.82) is 0 Å². The van der Waals surface area contributed by atoms with Crippen molar-refractivity contribution in [2.75, 3.05) is 13.6 Å². The van der Waals surface area contributed by atoms with Crippen LogP contribution in [-0.4, -0.2) is 39.2 Å². The molecule has 0 N–H and O–H groups in total. The lowest BCUT2D eigenvalue weighted by Crippen LogP contribution is -2.28. The van der Waals surface area contributed by atoms with Gasteiger partial charge in [-0.15, -0.1) is 11.3 Å². The zero-order valence-electron chi connectivity index (χ0n) is 14.8. The van der Waals surface area contributed by atoms with Gasteiger partial charge in [-0.25, -0.2) is 4.98 Å². The van der Waals surface area contributed by atoms with Crippen molar-refractivity contribution in [3.05, 3.63) is 58.9 Å². The highest BCUT2D eigenvalue weighted by atomic mass is 32.1. The van der Waals surface area contributed by atoms with Crippen molar-refractivity contribution in [2.45, 2.75) is 26.8 Å². The fourth-order valence-corrected chi connectivity index (χ4v) is 3.47. The van der Waals surface area contributed by atoms with Gasteiger partial charge in [-0.1, -0.05) is 12.1 Å². The van der Waals surface area contributed by atoms with E-state index in [1.807, 2.05) is 48.3 Å². The van der Waals surface area contributed by atoms with Gasteiger partial charge in [0.25, 0.3) is 5.91 Å². The summed E-state index contributed by atoms with van der Waals surface area (Å²) in [6.45, 7) is 5.56. The van der Waals surface area contributed by atoms with E-state index in [1.165, 1.54) is 0 Å². The molecule has 0 bridgehead atoms. The minimum absolute atomic E-state index is 0.0340. The first kappa shape index (κ1) is 17.4. The van der Waals surface area contributed by atoms with Crippen LogP contribution in [0.3, 0.4) is 0 Å². The van der Waals surface area contributed by atoms with Crippen molar-refractivity contribution in [3.8, 4) is 10.6 Å². The van der Waals surface area contributed by atoms with Crippen LogP contribution in [0.15, 0.2) is 41.9 Å². The number of hydrogen-bond donors (Lipinski definition) is 0. The molecule has 1 aromatic carbocycles. The Morgan fingerprint density at radius 3 is 2.80 bits per heavy atom. The number of carbonyl (C=O) groups excluding carboxylic acids is 1. The lowest BCUT2D eigenvalue weighted by molar-refractivity contribution is 0.0791. The molecular formula is C19H22N4OS. The molecule has 2 aromatic heterocycles. The maximum atomic E-state index is 12.7. The Bertz CT molecular complexity index is 854. The highest BCUT2D eigenvalue weighted by Crippen LogP contribution is 2.23. The van der Waals surface area contributed by atoms with E-state index in [4.69, 9.17) is 0 Å². The number of benzene rings is 1. The largest absolute Gasteiger partial charge is 0.342 e. The summed E-state index contributed by atoms with van der Waals surface area (Å²) in [5.74, 6) is 0.0340. The van der Waals surface area contributed by atoms with Crippen LogP contribution in [0.25, 0.3) is 10.6 Å². The van der Waals surface area contributed by atoms with Crippen LogP contribution >= 0.6 is 11.3 Å². The standard InChI is InChI=1S/C19H22N4OS/c1-14-12-15(2)23(21-14)10-5-9-22(3)19(24)17-7-4-6-16(13-17)18-20-8-11-25-18/h4,6-8,11-13H,5,9-10H2,1-3H3. The maximum Gasteiger partial charge on any atom is 0.253 e. The molecule has 0 fully saturated rings. The highest BCUT2D eigenvalue weighted by molar-refractivity contribution is 7.13. The zero-order valence-corrected chi connectivity index (χ0v) is 15.6. The summed E-state index contributed by atoms with van der Waals surface area (Å²) in [7, 11) is 1.85. The second kappa shape index (κ2) is 7.61. The predicted molar refractivity (Wildman–Crippen MR) is 101 cm³/mol. The fraction of sp³-hybridized carbons (Fsp3) is 0.316. The molecule has 5 nitrogen and oxygen atoms in total. The van der Waals surface area contributed by atoms with E-state index in [2.05, 4.69) is 23.1 Å². The van der Waals surface area contributed by atoms with Gasteiger partial charge in [0.15, 0.2) is 0 Å². The number of aromatic nitrogens is 3. The van der Waals surface area contributed by atoms with Crippen LogP contribution in [-0.2, 0) is 6.54 Å². The number of nitrogens with zero attached hydrogens (tertiary/aromatic N) is 4. The normalized spacial score (nSPS) is 10.8. The quantitative estimate of drug-likeness (QED) is 0.677. The Labute approximate surface area is 151 Å². The Kier molecular flexibility index (Phi) is 5.28. The first-order valence-electron chi connectivity index (χ1n) is 8.31. The first-order chi connectivity index (χ1) is 12.0. The Morgan fingerprint density at radius 2 is 2.12 bits per heavy atom. The molecule has 130 valence electrons. The molecule has 0 unspecified atom stereocenters. The number of hydrogen-bond acceptors (Lipinski definition) is 4. The van der Waals surface area contributed by atoms with E-state index < -0.39 is 0 Å². The molecule has 0 radical (unpaired) electrons. The second-order valence-corrected chi connectivity index (χ2v) is 7.04. The molecule has 1 amide bonds. The van der Waals surface area contributed by atoms with Gasteiger partial charge in [0.2, 0.25) is 0 Å². The number of rotatable bonds is 6. The van der Waals surface area contributed by atoms with Gasteiger partial charge < -0.3 is 4.90 Å². The van der Waals surface area contributed by atoms with Crippen LogP contribution in [0.5, 0.6) is 0 Å². The topological polar surface area (TPSA) is 51.0 Å². The molecule has 3 rings (SSSR count). The van der Waals surface area contributed by atoms with Crippen molar-refractivity contribution in [3.63, 3.8) is 0 Å². The fourth-order valence-electron chi connectivity index (χ4n) is 2.83. The van der Waals surface area contributed by atoms with E-state index in [1.54, 1.807) is 22.4 Å². The molecule has 6 heteroatoms. The highest BCUT2D eigenvalue weighted by Gasteiger charge is 2.13. The van der Waals surface area contributed by atoms with Crippen LogP contribution in [0.1, 0.15) is 28.2 Å². The Hall–Kier alpha value is -2.47. The van der Waals surface area contributed by atoms with Crippen LogP contribution in [0.4, 0.5) is 0 Å². The number of amides is 1. The molecule has 0 aliphatic heterocycles. The molecule has 3 aromatic rings. The van der Waals surface area contributed by atoms with E-state index in [9.17, 15) is 4.79 Å². The number of aryl methyl sites for hydroxylation is 3. The molecule has 0 spiro atoms. The van der Waals surface area contributed by atoms with Gasteiger partial charge in [-0.3, -0.25) is 9.48 Å². The summed E-state index contributed by atoms with van der Waals surface area (Å²) in [6, 6.07) is 9.74. The molecule has 0 aliphatic carbocycles. The molecule has 0 saturated heterocycles. The van der Waals surface area contributed by atoms with Crippen molar-refractivity contribution < 1.29 is 4.79 Å². The lowest BCUT2D eigenvalue weighted by Gasteiger charge is -2.17. The number of thiazole rings is 1. The minimum Gasteiger partial charge on any atom is -0.342 e. The van der Waals surface area contributed by atoms with Crippen LogP contribution in [0.2, 0.25) is 0 Å². The van der Waals surface area contributed by atoms with Crippen molar-refractivity contribution in [1.82, 2.24) is 19.7 Å². The monoisotopic (exact) mass is 354 g/mol. The molecule has 2 heterocycles. The lowest BCUT2D eigenvalue weighted by atomic mass is 10.1. The summed E-state index contributed by atoms with van der Waals surface area (Å²) in [6.07, 6.45) is 2.65. The average Bonchev–Trinajstić information content (AvgIpc) is 3.24. The summed E-state index contributed by atoms with van der Waals surface area (Å²) >= 11 is 1.57. The van der Waals surface area contributed by atoms with Gasteiger partial charge in [-0.2, -0.15) is 5.10 Å². The molecular weight excluding hydrogens is 332 g/mol. The summed E-state index contributed by atoms with van der Waals surface area (Å²) in [4.78, 5) is 18.7. The van der Waals surface area contributed by atoms with E-state index in [0.717, 1.165) is 34.9 Å². The molecule has 0 atom stereocenters. The smallest absolute Gasteiger partial charge is 0.253 e. The van der Waals surface area contributed by atoms with Gasteiger partial charge in [0, 0.05) is 48.5 Å². The second-order valence-electron chi connectivity index (χ2n) is 6.15. The minimum atomic E-state index is 0.0340. The van der Waals surface area contributed by atoms with Gasteiger partial charge in [0.1, 0.15) is 5.01 Å². The third-order valence-corrected chi connectivity index (χ3v) is 4.92. The van der Waals surface area contributed by atoms with Gasteiger partial charge in [-0.05, 0) is 38.5 Å². The predicted octanol–water partition coefficient (Wildman–Crippen LogP) is 3.79. The summed E-state index contributed by atoms with van der Waals surface area (Å²) < 4.78 is 2.00. The molecule has 0 aliphatic rings. The van der Waals surface area contributed by atoms with Crippen molar-refractivity contribution >= 4 is 17.2 Å².